The van der Waals surface area contributed by atoms with Gasteiger partial charge in [-0.05, 0) is 0 Å². The van der Waals surface area contributed by atoms with Crippen molar-refractivity contribution in [2.24, 2.45) is 11.1 Å². The first kappa shape index (κ1) is 20.0. The number of rotatable bonds is 3. The van der Waals surface area contributed by atoms with E-state index in [1.54, 1.807) is 14.0 Å². The van der Waals surface area contributed by atoms with Crippen molar-refractivity contribution >= 4 is 5.91 Å². The monoisotopic (exact) mass is 278 g/mol. The Morgan fingerprint density at radius 1 is 1.43 bits per heavy atom. The first-order valence-corrected chi connectivity index (χ1v) is 4.31. The fraction of sp³-hybridized carbons (Fsp3) is 0.889. The third-order valence-corrected chi connectivity index (χ3v) is 1.02. The number of hydroxylamine groups is 1. The zero-order valence-corrected chi connectivity index (χ0v) is 12.7. The van der Waals surface area contributed by atoms with Crippen molar-refractivity contribution in [3.63, 3.8) is 0 Å². The number of amides is 1. The molecule has 0 saturated heterocycles. The van der Waals surface area contributed by atoms with Crippen LogP contribution in [0.3, 0.4) is 0 Å². The Morgan fingerprint density at radius 3 is 1.86 bits per heavy atom. The van der Waals surface area contributed by atoms with Crippen LogP contribution in [0.25, 0.3) is 5.48 Å². The van der Waals surface area contributed by atoms with Crippen LogP contribution >= 0.6 is 0 Å². The van der Waals surface area contributed by atoms with Gasteiger partial charge in [-0.25, -0.2) is 0 Å². The number of nitrogens with zero attached hydrogens (tertiary/aromatic N) is 1. The fourth-order valence-electron chi connectivity index (χ4n) is 0.258. The standard InChI is InChI=1S/C6H14NO.C3H7NO.Y/c1-6(2,3)5-7-8-4;1-2-3(4)5;/h5H2,1-4H3;2H2,1H3,(H2,4,5);/q-1;;. The third kappa shape index (κ3) is 29.4. The summed E-state index contributed by atoms with van der Waals surface area (Å²) >= 11 is 0. The van der Waals surface area contributed by atoms with Gasteiger partial charge in [-0.2, -0.15) is 0 Å². The second-order valence-corrected chi connectivity index (χ2v) is 3.85. The van der Waals surface area contributed by atoms with Crippen molar-refractivity contribution in [1.82, 2.24) is 0 Å². The van der Waals surface area contributed by atoms with Crippen LogP contribution in [0.1, 0.15) is 34.1 Å². The maximum absolute atomic E-state index is 9.59. The normalized spacial score (nSPS) is 9.50. The zero-order chi connectivity index (χ0) is 10.9. The summed E-state index contributed by atoms with van der Waals surface area (Å²) in [6, 6.07) is 0. The van der Waals surface area contributed by atoms with Gasteiger partial charge >= 0.3 is 0 Å². The van der Waals surface area contributed by atoms with Crippen molar-refractivity contribution in [3.8, 4) is 0 Å². The topological polar surface area (TPSA) is 66.4 Å². The molecule has 0 aliphatic heterocycles. The first-order valence-electron chi connectivity index (χ1n) is 4.31. The Kier molecular flexibility index (Phi) is 16.5. The molecular weight excluding hydrogens is 257 g/mol. The molecule has 0 aromatic carbocycles. The molecule has 0 bridgehead atoms. The van der Waals surface area contributed by atoms with Gasteiger partial charge in [-0.15, -0.1) is 6.54 Å². The Labute approximate surface area is 112 Å². The predicted molar refractivity (Wildman–Crippen MR) is 54.2 cm³/mol. The molecule has 1 radical (unpaired) electrons. The molecule has 0 aromatic rings. The molecule has 0 aliphatic rings. The molecule has 5 heteroatoms. The molecule has 0 saturated carbocycles. The minimum atomic E-state index is -0.245. The Hall–Kier alpha value is 0.494. The maximum atomic E-state index is 9.59. The molecule has 0 heterocycles. The average Bonchev–Trinajstić information content (AvgIpc) is 2.00. The van der Waals surface area contributed by atoms with Crippen LogP contribution in [0.5, 0.6) is 0 Å². The molecule has 4 nitrogen and oxygen atoms in total. The number of hydrogen-bond donors (Lipinski definition) is 1. The van der Waals surface area contributed by atoms with E-state index in [4.69, 9.17) is 0 Å². The van der Waals surface area contributed by atoms with Gasteiger partial charge in [0, 0.05) is 46.2 Å². The second kappa shape index (κ2) is 11.6. The summed E-state index contributed by atoms with van der Waals surface area (Å²) in [5.74, 6) is -0.245. The van der Waals surface area contributed by atoms with E-state index in [0.717, 1.165) is 6.54 Å². The van der Waals surface area contributed by atoms with E-state index < -0.39 is 0 Å². The molecule has 0 aromatic heterocycles. The summed E-state index contributed by atoms with van der Waals surface area (Å²) in [7, 11) is 1.58. The van der Waals surface area contributed by atoms with Gasteiger partial charge in [0.2, 0.25) is 5.91 Å². The molecule has 0 atom stereocenters. The minimum Gasteiger partial charge on any atom is -0.534 e. The van der Waals surface area contributed by atoms with Gasteiger partial charge in [0.05, 0.1) is 0 Å². The predicted octanol–water partition coefficient (Wildman–Crippen LogP) is 1.85. The molecule has 0 rings (SSSR count). The van der Waals surface area contributed by atoms with E-state index >= 15 is 0 Å². The molecule has 0 unspecified atom stereocenters. The van der Waals surface area contributed by atoms with Gasteiger partial charge in [0.15, 0.2) is 0 Å². The van der Waals surface area contributed by atoms with Crippen molar-refractivity contribution in [2.75, 3.05) is 13.7 Å². The van der Waals surface area contributed by atoms with Crippen LogP contribution in [0.2, 0.25) is 0 Å². The van der Waals surface area contributed by atoms with Gasteiger partial charge in [0.1, 0.15) is 0 Å². The number of hydrogen-bond acceptors (Lipinski definition) is 2. The van der Waals surface area contributed by atoms with E-state index in [1.165, 1.54) is 0 Å². The van der Waals surface area contributed by atoms with E-state index in [9.17, 15) is 4.79 Å². The largest absolute Gasteiger partial charge is 0.534 e. The van der Waals surface area contributed by atoms with E-state index in [1.807, 2.05) is 0 Å². The summed E-state index contributed by atoms with van der Waals surface area (Å²) in [5, 5.41) is 0. The Balaban J connectivity index is -0.000000177. The fourth-order valence-corrected chi connectivity index (χ4v) is 0.258. The van der Waals surface area contributed by atoms with Crippen LogP contribution in [-0.2, 0) is 42.3 Å². The van der Waals surface area contributed by atoms with E-state index in [-0.39, 0.29) is 44.0 Å². The van der Waals surface area contributed by atoms with Crippen molar-refractivity contribution in [2.45, 2.75) is 34.1 Å². The second-order valence-electron chi connectivity index (χ2n) is 3.85. The van der Waals surface area contributed by atoms with Gasteiger partial charge in [0.25, 0.3) is 0 Å². The van der Waals surface area contributed by atoms with Gasteiger partial charge < -0.3 is 16.1 Å². The quantitative estimate of drug-likeness (QED) is 0.800. The first-order chi connectivity index (χ1) is 5.83. The number of primary amides is 1. The Morgan fingerprint density at radius 2 is 1.79 bits per heavy atom. The van der Waals surface area contributed by atoms with Crippen molar-refractivity contribution in [1.29, 1.82) is 0 Å². The summed E-state index contributed by atoms with van der Waals surface area (Å²) in [4.78, 5) is 14.1. The minimum absolute atomic E-state index is 0. The van der Waals surface area contributed by atoms with Crippen LogP contribution in [0.15, 0.2) is 0 Å². The summed E-state index contributed by atoms with van der Waals surface area (Å²) in [6.07, 6.45) is 0.444. The molecule has 0 fully saturated rings. The SMILES string of the molecule is CCC(N)=O.CO[N-]CC(C)(C)C.[Y]. The zero-order valence-electron chi connectivity index (χ0n) is 9.83. The molecule has 1 amide bonds. The van der Waals surface area contributed by atoms with Crippen LogP contribution < -0.4 is 5.73 Å². The molecule has 2 N–H and O–H groups in total. The summed E-state index contributed by atoms with van der Waals surface area (Å²) in [6.45, 7) is 8.85. The number of carbonyl (C=O) groups is 1. The maximum Gasteiger partial charge on any atom is 0.217 e. The summed E-state index contributed by atoms with van der Waals surface area (Å²) < 4.78 is 0. The molecule has 83 valence electrons. The van der Waals surface area contributed by atoms with Crippen LogP contribution in [-0.4, -0.2) is 19.6 Å². The average molecular weight is 278 g/mol. The van der Waals surface area contributed by atoms with Crippen LogP contribution in [0, 0.1) is 5.41 Å². The Bertz CT molecular complexity index is 135. The van der Waals surface area contributed by atoms with Crippen molar-refractivity contribution in [3.05, 3.63) is 5.48 Å². The van der Waals surface area contributed by atoms with Gasteiger partial charge in [-0.1, -0.05) is 33.1 Å². The summed E-state index contributed by atoms with van der Waals surface area (Å²) in [5.41, 5.74) is 8.66. The van der Waals surface area contributed by atoms with Crippen molar-refractivity contribution < 1.29 is 42.3 Å². The third-order valence-electron chi connectivity index (χ3n) is 1.02. The molecule has 0 aliphatic carbocycles. The molecule has 0 spiro atoms. The molecular formula is C9H21N2O2Y-. The molecule has 14 heavy (non-hydrogen) atoms. The van der Waals surface area contributed by atoms with E-state index in [0.29, 0.717) is 6.42 Å². The van der Waals surface area contributed by atoms with Gasteiger partial charge in [-0.3, -0.25) is 4.79 Å². The van der Waals surface area contributed by atoms with E-state index in [2.05, 4.69) is 36.8 Å². The smallest absolute Gasteiger partial charge is 0.217 e. The number of nitrogens with two attached hydrogens (primary N) is 1. The van der Waals surface area contributed by atoms with Crippen LogP contribution in [0.4, 0.5) is 0 Å². The number of carbonyl (C=O) groups excluding carboxylic acids is 1.